The molecule has 110 valence electrons. The third-order valence-electron chi connectivity index (χ3n) is 3.83. The van der Waals surface area contributed by atoms with E-state index in [-0.39, 0.29) is 10.8 Å². The van der Waals surface area contributed by atoms with Crippen LogP contribution in [0.1, 0.15) is 30.0 Å². The molecular weight excluding hydrogens is 308 g/mol. The average Bonchev–Trinajstić information content (AvgIpc) is 3.29. The van der Waals surface area contributed by atoms with Gasteiger partial charge in [-0.1, -0.05) is 41.4 Å². The molecule has 0 bridgehead atoms. The second kappa shape index (κ2) is 6.35. The van der Waals surface area contributed by atoms with Crippen molar-refractivity contribution in [2.24, 2.45) is 5.92 Å². The predicted octanol–water partition coefficient (Wildman–Crippen LogP) is 5.37. The van der Waals surface area contributed by atoms with Crippen LogP contribution < -0.4 is 5.32 Å². The smallest absolute Gasteiger partial charge is 0.141 e. The number of rotatable bonds is 5. The molecule has 0 spiro atoms. The molecule has 1 aliphatic carbocycles. The minimum atomic E-state index is -0.378. The van der Waals surface area contributed by atoms with E-state index < -0.39 is 0 Å². The third-order valence-corrected chi connectivity index (χ3v) is 4.37. The van der Waals surface area contributed by atoms with Gasteiger partial charge < -0.3 is 5.32 Å². The number of halogens is 3. The summed E-state index contributed by atoms with van der Waals surface area (Å²) in [4.78, 5) is 0. The average molecular weight is 324 g/mol. The fraction of sp³-hybridized carbons (Fsp3) is 0.294. The van der Waals surface area contributed by atoms with Crippen LogP contribution in [0, 0.1) is 11.7 Å². The van der Waals surface area contributed by atoms with Gasteiger partial charge in [0.1, 0.15) is 5.82 Å². The van der Waals surface area contributed by atoms with Crippen molar-refractivity contribution in [3.8, 4) is 0 Å². The van der Waals surface area contributed by atoms with Gasteiger partial charge in [-0.3, -0.25) is 0 Å². The van der Waals surface area contributed by atoms with Crippen LogP contribution in [0.15, 0.2) is 42.5 Å². The Kier molecular flexibility index (Phi) is 4.48. The molecule has 0 radical (unpaired) electrons. The maximum atomic E-state index is 13.2. The number of nitrogens with one attached hydrogen (secondary N) is 1. The normalized spacial score (nSPS) is 16.0. The second-order valence-electron chi connectivity index (χ2n) is 5.50. The van der Waals surface area contributed by atoms with Crippen molar-refractivity contribution < 1.29 is 4.39 Å². The molecule has 1 atom stereocenters. The molecule has 1 fully saturated rings. The van der Waals surface area contributed by atoms with Crippen LogP contribution >= 0.6 is 23.2 Å². The van der Waals surface area contributed by atoms with E-state index in [2.05, 4.69) is 17.4 Å². The van der Waals surface area contributed by atoms with Crippen LogP contribution in [0.4, 0.5) is 4.39 Å². The fourth-order valence-electron chi connectivity index (χ4n) is 2.53. The molecule has 3 rings (SSSR count). The van der Waals surface area contributed by atoms with Crippen LogP contribution in [0.2, 0.25) is 10.0 Å². The Labute approximate surface area is 134 Å². The molecule has 2 aromatic rings. The highest BCUT2D eigenvalue weighted by atomic mass is 35.5. The maximum absolute atomic E-state index is 13.2. The topological polar surface area (TPSA) is 12.0 Å². The maximum Gasteiger partial charge on any atom is 0.141 e. The lowest BCUT2D eigenvalue weighted by molar-refractivity contribution is 0.480. The van der Waals surface area contributed by atoms with Gasteiger partial charge in [-0.15, -0.1) is 0 Å². The predicted molar refractivity (Wildman–Crippen MR) is 85.2 cm³/mol. The van der Waals surface area contributed by atoms with Gasteiger partial charge in [-0.25, -0.2) is 4.39 Å². The first-order valence-corrected chi connectivity index (χ1v) is 7.82. The van der Waals surface area contributed by atoms with Crippen molar-refractivity contribution in [1.29, 1.82) is 0 Å². The monoisotopic (exact) mass is 323 g/mol. The van der Waals surface area contributed by atoms with Crippen LogP contribution in [0.25, 0.3) is 0 Å². The molecule has 1 N–H and O–H groups in total. The van der Waals surface area contributed by atoms with Gasteiger partial charge >= 0.3 is 0 Å². The van der Waals surface area contributed by atoms with E-state index in [4.69, 9.17) is 23.2 Å². The summed E-state index contributed by atoms with van der Waals surface area (Å²) in [7, 11) is 0. The summed E-state index contributed by atoms with van der Waals surface area (Å²) in [5.41, 5.74) is 2.23. The first-order chi connectivity index (χ1) is 10.1. The van der Waals surface area contributed by atoms with Gasteiger partial charge in [0.15, 0.2) is 0 Å². The molecule has 21 heavy (non-hydrogen) atoms. The highest BCUT2D eigenvalue weighted by Crippen LogP contribution is 2.41. The van der Waals surface area contributed by atoms with E-state index in [9.17, 15) is 4.39 Å². The first-order valence-electron chi connectivity index (χ1n) is 7.06. The van der Waals surface area contributed by atoms with Crippen molar-refractivity contribution >= 4 is 23.2 Å². The molecule has 1 nitrogen and oxygen atoms in total. The molecule has 1 aliphatic rings. The van der Waals surface area contributed by atoms with Gasteiger partial charge in [-0.2, -0.15) is 0 Å². The van der Waals surface area contributed by atoms with Crippen molar-refractivity contribution in [3.63, 3.8) is 0 Å². The Hall–Kier alpha value is -1.09. The van der Waals surface area contributed by atoms with E-state index in [0.717, 1.165) is 10.6 Å². The Morgan fingerprint density at radius 2 is 1.81 bits per heavy atom. The van der Waals surface area contributed by atoms with E-state index in [1.54, 1.807) is 12.1 Å². The second-order valence-corrected chi connectivity index (χ2v) is 6.34. The molecule has 0 saturated heterocycles. The van der Waals surface area contributed by atoms with Gasteiger partial charge in [0.25, 0.3) is 0 Å². The van der Waals surface area contributed by atoms with Gasteiger partial charge in [-0.05, 0) is 54.2 Å². The van der Waals surface area contributed by atoms with Crippen molar-refractivity contribution in [1.82, 2.24) is 5.32 Å². The standard InChI is InChI=1S/C17H16Cl2FN/c18-14-6-4-13(5-7-14)17(12-2-3-12)21-10-11-1-8-16(20)15(19)9-11/h1,4-9,12,17,21H,2-3,10H2. The Balaban J connectivity index is 1.71. The molecule has 2 aromatic carbocycles. The molecular formula is C17H16Cl2FN. The van der Waals surface area contributed by atoms with Crippen molar-refractivity contribution in [3.05, 3.63) is 69.5 Å². The molecule has 0 aromatic heterocycles. The quantitative estimate of drug-likeness (QED) is 0.779. The van der Waals surface area contributed by atoms with E-state index in [0.29, 0.717) is 18.5 Å². The Morgan fingerprint density at radius 1 is 1.10 bits per heavy atom. The Morgan fingerprint density at radius 3 is 2.43 bits per heavy atom. The van der Waals surface area contributed by atoms with Crippen LogP contribution in [0.3, 0.4) is 0 Å². The minimum absolute atomic E-state index is 0.170. The summed E-state index contributed by atoms with van der Waals surface area (Å²) < 4.78 is 13.2. The number of hydrogen-bond donors (Lipinski definition) is 1. The zero-order valence-corrected chi connectivity index (χ0v) is 13.0. The number of hydrogen-bond acceptors (Lipinski definition) is 1. The van der Waals surface area contributed by atoms with Gasteiger partial charge in [0.2, 0.25) is 0 Å². The summed E-state index contributed by atoms with van der Waals surface area (Å²) in [6.07, 6.45) is 2.48. The summed E-state index contributed by atoms with van der Waals surface area (Å²) in [5, 5.41) is 4.48. The zero-order valence-electron chi connectivity index (χ0n) is 11.5. The lowest BCUT2D eigenvalue weighted by Gasteiger charge is -2.19. The van der Waals surface area contributed by atoms with E-state index in [1.807, 2.05) is 12.1 Å². The summed E-state index contributed by atoms with van der Waals surface area (Å²) >= 11 is 11.8. The number of benzene rings is 2. The molecule has 0 aliphatic heterocycles. The zero-order chi connectivity index (χ0) is 14.8. The van der Waals surface area contributed by atoms with Crippen molar-refractivity contribution in [2.45, 2.75) is 25.4 Å². The summed E-state index contributed by atoms with van der Waals surface area (Å²) in [5.74, 6) is 0.291. The van der Waals surface area contributed by atoms with E-state index >= 15 is 0 Å². The summed E-state index contributed by atoms with van der Waals surface area (Å²) in [6.45, 7) is 0.670. The van der Waals surface area contributed by atoms with Gasteiger partial charge in [0.05, 0.1) is 5.02 Å². The van der Waals surface area contributed by atoms with Crippen LogP contribution in [-0.4, -0.2) is 0 Å². The highest BCUT2D eigenvalue weighted by Gasteiger charge is 2.31. The third kappa shape index (κ3) is 3.76. The fourth-order valence-corrected chi connectivity index (χ4v) is 2.86. The van der Waals surface area contributed by atoms with Crippen LogP contribution in [-0.2, 0) is 6.54 Å². The van der Waals surface area contributed by atoms with Crippen LogP contribution in [0.5, 0.6) is 0 Å². The molecule has 1 saturated carbocycles. The first kappa shape index (κ1) is 14.8. The lowest BCUT2D eigenvalue weighted by atomic mass is 10.0. The molecule has 0 amide bonds. The minimum Gasteiger partial charge on any atom is -0.306 e. The molecule has 0 heterocycles. The largest absolute Gasteiger partial charge is 0.306 e. The molecule has 1 unspecified atom stereocenters. The van der Waals surface area contributed by atoms with Gasteiger partial charge in [0, 0.05) is 17.6 Å². The van der Waals surface area contributed by atoms with Crippen molar-refractivity contribution in [2.75, 3.05) is 0 Å². The Bertz CT molecular complexity index is 623. The SMILES string of the molecule is Fc1ccc(CNC(c2ccc(Cl)cc2)C2CC2)cc1Cl. The summed E-state index contributed by atoms with van der Waals surface area (Å²) in [6, 6.07) is 13.1. The molecule has 4 heteroatoms. The van der Waals surface area contributed by atoms with E-state index in [1.165, 1.54) is 24.5 Å². The highest BCUT2D eigenvalue weighted by molar-refractivity contribution is 6.31. The lowest BCUT2D eigenvalue weighted by Crippen LogP contribution is -2.22.